The van der Waals surface area contributed by atoms with Crippen LogP contribution in [-0.4, -0.2) is 64.6 Å². The Labute approximate surface area is 206 Å². The van der Waals surface area contributed by atoms with E-state index in [1.165, 1.54) is 18.5 Å². The van der Waals surface area contributed by atoms with Crippen LogP contribution in [0.3, 0.4) is 0 Å². The zero-order valence-corrected chi connectivity index (χ0v) is 20.4. The fourth-order valence-corrected chi connectivity index (χ4v) is 5.82. The van der Waals surface area contributed by atoms with Crippen molar-refractivity contribution in [1.82, 2.24) is 19.8 Å². The zero-order chi connectivity index (χ0) is 25.8. The van der Waals surface area contributed by atoms with Crippen molar-refractivity contribution in [3.63, 3.8) is 0 Å². The van der Waals surface area contributed by atoms with Gasteiger partial charge in [0.2, 0.25) is 5.91 Å². The molecule has 2 fully saturated rings. The molecule has 4 heterocycles. The number of rotatable bonds is 4. The van der Waals surface area contributed by atoms with E-state index in [4.69, 9.17) is 4.74 Å². The number of hydrogen-bond acceptors (Lipinski definition) is 6. The van der Waals surface area contributed by atoms with Crippen molar-refractivity contribution in [3.8, 4) is 0 Å². The molecule has 1 aromatic heterocycles. The number of nitrogens with one attached hydrogen (secondary N) is 1. The first-order valence-corrected chi connectivity index (χ1v) is 12.1. The molecule has 194 valence electrons. The second-order valence-electron chi connectivity index (χ2n) is 10.2. The van der Waals surface area contributed by atoms with Crippen LogP contribution in [0.5, 0.6) is 0 Å². The predicted octanol–water partition coefficient (Wildman–Crippen LogP) is 3.90. The summed E-state index contributed by atoms with van der Waals surface area (Å²) in [6.45, 7) is 5.45. The third kappa shape index (κ3) is 4.11. The van der Waals surface area contributed by atoms with E-state index in [1.807, 2.05) is 23.8 Å². The van der Waals surface area contributed by atoms with Crippen LogP contribution in [-0.2, 0) is 27.7 Å². The fraction of sp³-hybridized carbons (Fsp3) is 0.560. The molecule has 1 amide bonds. The minimum atomic E-state index is -4.79. The van der Waals surface area contributed by atoms with Crippen LogP contribution in [0, 0.1) is 5.82 Å². The molecule has 2 saturated heterocycles. The highest BCUT2D eigenvalue weighted by atomic mass is 19.4. The van der Waals surface area contributed by atoms with E-state index >= 15 is 0 Å². The van der Waals surface area contributed by atoms with E-state index in [2.05, 4.69) is 15.3 Å². The topological polar surface area (TPSA) is 70.6 Å². The number of benzene rings is 1. The summed E-state index contributed by atoms with van der Waals surface area (Å²) in [5.41, 5.74) is -0.856. The molecule has 5 rings (SSSR count). The third-order valence-electron chi connectivity index (χ3n) is 7.53. The largest absolute Gasteiger partial charge is 0.419 e. The number of carbonyl (C=O) groups excluding carboxylic acids is 1. The summed E-state index contributed by atoms with van der Waals surface area (Å²) in [5.74, 6) is -0.873. The van der Waals surface area contributed by atoms with Gasteiger partial charge in [0, 0.05) is 36.9 Å². The molecule has 3 aliphatic rings. The summed E-state index contributed by atoms with van der Waals surface area (Å²) in [4.78, 5) is 26.6. The Morgan fingerprint density at radius 3 is 2.67 bits per heavy atom. The molecule has 2 aromatic rings. The molecule has 3 aliphatic heterocycles. The monoisotopic (exact) mass is 507 g/mol. The average Bonchev–Trinajstić information content (AvgIpc) is 2.79. The first kappa shape index (κ1) is 24.9. The number of likely N-dealkylation sites (tertiary alicyclic amines) is 1. The molecule has 7 nitrogen and oxygen atoms in total. The maximum atomic E-state index is 14.8. The molecule has 1 aromatic carbocycles. The standard InChI is InChI=1S/C25H29F4N5O2/c1-14-9-16(7-8-36-14)34-10-18-21(24(23(34)35)11-33(3)12-24)30-13-31-22(18)32-15(2)17-5-4-6-19(20(17)26)25(27,28)29/h4-6,13-16H,7-12H2,1-3H3,(H,30,31,32)/t14-,15-,16+/m1/s1. The van der Waals surface area contributed by atoms with Crippen molar-refractivity contribution in [2.24, 2.45) is 0 Å². The number of fused-ring (bicyclic) bond motifs is 2. The summed E-state index contributed by atoms with van der Waals surface area (Å²) < 4.78 is 60.3. The third-order valence-corrected chi connectivity index (χ3v) is 7.53. The molecule has 1 N–H and O–H groups in total. The van der Waals surface area contributed by atoms with Gasteiger partial charge in [0.1, 0.15) is 23.4 Å². The number of nitrogens with zero attached hydrogens (tertiary/aromatic N) is 4. The van der Waals surface area contributed by atoms with E-state index < -0.39 is 29.0 Å². The highest BCUT2D eigenvalue weighted by Crippen LogP contribution is 2.44. The summed E-state index contributed by atoms with van der Waals surface area (Å²) in [6.07, 6.45) is -1.96. The highest BCUT2D eigenvalue weighted by molar-refractivity contribution is 5.92. The number of amides is 1. The predicted molar refractivity (Wildman–Crippen MR) is 124 cm³/mol. The van der Waals surface area contributed by atoms with Crippen LogP contribution in [0.25, 0.3) is 0 Å². The number of aromatic nitrogens is 2. The molecule has 1 spiro atoms. The fourth-order valence-electron chi connectivity index (χ4n) is 5.82. The van der Waals surface area contributed by atoms with E-state index in [9.17, 15) is 22.4 Å². The van der Waals surface area contributed by atoms with Crippen molar-refractivity contribution in [2.45, 2.75) is 63.0 Å². The summed E-state index contributed by atoms with van der Waals surface area (Å²) in [6, 6.07) is 2.45. The summed E-state index contributed by atoms with van der Waals surface area (Å²) >= 11 is 0. The van der Waals surface area contributed by atoms with Crippen molar-refractivity contribution in [3.05, 3.63) is 52.7 Å². The SMILES string of the molecule is C[C@@H]1C[C@@H](N2Cc3c(N[C@H](C)c4cccc(C(F)(F)F)c4F)ncnc3C3(CN(C)C3)C2=O)CCO1. The molecule has 0 unspecified atom stereocenters. The van der Waals surface area contributed by atoms with Gasteiger partial charge in [0.15, 0.2) is 0 Å². The van der Waals surface area contributed by atoms with Crippen LogP contribution < -0.4 is 5.32 Å². The van der Waals surface area contributed by atoms with E-state index in [0.29, 0.717) is 31.2 Å². The molecule has 0 bridgehead atoms. The van der Waals surface area contributed by atoms with Gasteiger partial charge in [-0.15, -0.1) is 0 Å². The Balaban J connectivity index is 1.51. The van der Waals surface area contributed by atoms with Crippen LogP contribution in [0.2, 0.25) is 0 Å². The minimum Gasteiger partial charge on any atom is -0.378 e. The van der Waals surface area contributed by atoms with Gasteiger partial charge in [-0.25, -0.2) is 14.4 Å². The van der Waals surface area contributed by atoms with Crippen LogP contribution in [0.4, 0.5) is 23.4 Å². The van der Waals surface area contributed by atoms with E-state index in [1.54, 1.807) is 6.92 Å². The number of anilines is 1. The Morgan fingerprint density at radius 2 is 2.00 bits per heavy atom. The Morgan fingerprint density at radius 1 is 1.25 bits per heavy atom. The molecular formula is C25H29F4N5O2. The number of likely N-dealkylation sites (N-methyl/N-ethyl adjacent to an activating group) is 1. The van der Waals surface area contributed by atoms with Gasteiger partial charge in [0.05, 0.1) is 29.9 Å². The van der Waals surface area contributed by atoms with E-state index in [-0.39, 0.29) is 30.2 Å². The second kappa shape index (κ2) is 8.95. The first-order chi connectivity index (χ1) is 17.0. The zero-order valence-electron chi connectivity index (χ0n) is 20.4. The van der Waals surface area contributed by atoms with Gasteiger partial charge >= 0.3 is 6.18 Å². The molecular weight excluding hydrogens is 478 g/mol. The number of carbonyl (C=O) groups is 1. The second-order valence-corrected chi connectivity index (χ2v) is 10.2. The Kier molecular flexibility index (Phi) is 6.19. The first-order valence-electron chi connectivity index (χ1n) is 12.1. The van der Waals surface area contributed by atoms with Crippen LogP contribution in [0.1, 0.15) is 55.1 Å². The van der Waals surface area contributed by atoms with Crippen molar-refractivity contribution >= 4 is 11.7 Å². The van der Waals surface area contributed by atoms with Crippen LogP contribution >= 0.6 is 0 Å². The smallest absolute Gasteiger partial charge is 0.378 e. The Hall–Kier alpha value is -2.79. The summed E-state index contributed by atoms with van der Waals surface area (Å²) in [5, 5.41) is 3.12. The van der Waals surface area contributed by atoms with Crippen molar-refractivity contribution in [1.29, 1.82) is 0 Å². The lowest BCUT2D eigenvalue weighted by Gasteiger charge is -2.53. The number of halogens is 4. The molecule has 3 atom stereocenters. The van der Waals surface area contributed by atoms with Gasteiger partial charge in [-0.1, -0.05) is 12.1 Å². The van der Waals surface area contributed by atoms with Gasteiger partial charge < -0.3 is 19.9 Å². The van der Waals surface area contributed by atoms with Gasteiger partial charge in [0.25, 0.3) is 0 Å². The lowest BCUT2D eigenvalue weighted by atomic mass is 9.71. The lowest BCUT2D eigenvalue weighted by molar-refractivity contribution is -0.152. The normalized spacial score (nSPS) is 24.9. The van der Waals surface area contributed by atoms with Gasteiger partial charge in [-0.3, -0.25) is 4.79 Å². The number of ether oxygens (including phenoxy) is 1. The average molecular weight is 508 g/mol. The van der Waals surface area contributed by atoms with Crippen molar-refractivity contribution < 1.29 is 27.1 Å². The minimum absolute atomic E-state index is 0.00331. The van der Waals surface area contributed by atoms with E-state index in [0.717, 1.165) is 24.5 Å². The highest BCUT2D eigenvalue weighted by Gasteiger charge is 2.57. The Bertz CT molecular complexity index is 1170. The molecule has 0 aliphatic carbocycles. The van der Waals surface area contributed by atoms with Gasteiger partial charge in [-0.2, -0.15) is 13.2 Å². The maximum absolute atomic E-state index is 14.8. The number of alkyl halides is 3. The summed E-state index contributed by atoms with van der Waals surface area (Å²) in [7, 11) is 1.94. The molecule has 36 heavy (non-hydrogen) atoms. The molecule has 0 radical (unpaired) electrons. The number of hydrogen-bond donors (Lipinski definition) is 1. The molecule has 11 heteroatoms. The molecule has 0 saturated carbocycles. The quantitative estimate of drug-likeness (QED) is 0.634. The maximum Gasteiger partial charge on any atom is 0.419 e. The van der Waals surface area contributed by atoms with Crippen LogP contribution in [0.15, 0.2) is 24.5 Å². The van der Waals surface area contributed by atoms with Gasteiger partial charge in [-0.05, 0) is 39.8 Å². The van der Waals surface area contributed by atoms with Crippen molar-refractivity contribution in [2.75, 3.05) is 32.1 Å². The lowest BCUT2D eigenvalue weighted by Crippen LogP contribution is -2.69.